The Hall–Kier alpha value is -2.82. The van der Waals surface area contributed by atoms with Crippen LogP contribution >= 0.6 is 0 Å². The van der Waals surface area contributed by atoms with Crippen LogP contribution in [0.1, 0.15) is 29.8 Å². The molecule has 0 bridgehead atoms. The molecular formula is C20H21N3O2. The standard InChI is InChI=1S/C20H21N3O2/c1-15(11-17-4-5-18-19(12-17)25-14-24-18)20-22-8-10-23(20)9-6-16-3-2-7-21-13-16/h2-5,7-8,10,12-13,15H,6,9,11,14H2,1H3. The highest BCUT2D eigenvalue weighted by Gasteiger charge is 2.17. The van der Waals surface area contributed by atoms with E-state index in [0.717, 1.165) is 36.7 Å². The second kappa shape index (κ2) is 6.97. The molecule has 3 heterocycles. The fraction of sp³-hybridized carbons (Fsp3) is 0.300. The summed E-state index contributed by atoms with van der Waals surface area (Å²) in [4.78, 5) is 8.77. The molecule has 1 atom stereocenters. The molecule has 0 radical (unpaired) electrons. The summed E-state index contributed by atoms with van der Waals surface area (Å²) < 4.78 is 13.1. The van der Waals surface area contributed by atoms with Crippen LogP contribution in [-0.2, 0) is 19.4 Å². The average molecular weight is 335 g/mol. The van der Waals surface area contributed by atoms with Crippen LogP contribution in [0.5, 0.6) is 11.5 Å². The number of ether oxygens (including phenoxy) is 2. The third-order valence-corrected chi connectivity index (χ3v) is 4.53. The van der Waals surface area contributed by atoms with Gasteiger partial charge in [0, 0.05) is 37.3 Å². The van der Waals surface area contributed by atoms with E-state index in [4.69, 9.17) is 9.47 Å². The summed E-state index contributed by atoms with van der Waals surface area (Å²) in [7, 11) is 0. The zero-order valence-corrected chi connectivity index (χ0v) is 14.3. The Morgan fingerprint density at radius 2 is 2.04 bits per heavy atom. The quantitative estimate of drug-likeness (QED) is 0.691. The van der Waals surface area contributed by atoms with Crippen LogP contribution in [-0.4, -0.2) is 21.3 Å². The van der Waals surface area contributed by atoms with Crippen LogP contribution in [0.15, 0.2) is 55.1 Å². The highest BCUT2D eigenvalue weighted by molar-refractivity contribution is 5.44. The van der Waals surface area contributed by atoms with Gasteiger partial charge < -0.3 is 14.0 Å². The summed E-state index contributed by atoms with van der Waals surface area (Å²) in [6, 6.07) is 10.3. The van der Waals surface area contributed by atoms with Crippen molar-refractivity contribution in [3.63, 3.8) is 0 Å². The van der Waals surface area contributed by atoms with E-state index in [1.807, 2.05) is 24.5 Å². The van der Waals surface area contributed by atoms with E-state index in [9.17, 15) is 0 Å². The number of nitrogens with zero attached hydrogens (tertiary/aromatic N) is 3. The first kappa shape index (κ1) is 15.7. The number of benzene rings is 1. The normalized spacial score (nSPS) is 13.8. The number of fused-ring (bicyclic) bond motifs is 1. The van der Waals surface area contributed by atoms with Gasteiger partial charge in [-0.05, 0) is 42.2 Å². The van der Waals surface area contributed by atoms with Crippen molar-refractivity contribution >= 4 is 0 Å². The molecule has 0 aliphatic carbocycles. The van der Waals surface area contributed by atoms with Crippen LogP contribution in [0.25, 0.3) is 0 Å². The first-order valence-corrected chi connectivity index (χ1v) is 8.58. The minimum atomic E-state index is 0.313. The molecule has 1 aromatic carbocycles. The maximum atomic E-state index is 5.47. The number of aryl methyl sites for hydroxylation is 2. The van der Waals surface area contributed by atoms with Gasteiger partial charge in [-0.15, -0.1) is 0 Å². The van der Waals surface area contributed by atoms with Gasteiger partial charge in [-0.25, -0.2) is 4.98 Å². The maximum Gasteiger partial charge on any atom is 0.231 e. The molecule has 0 fully saturated rings. The minimum absolute atomic E-state index is 0.313. The molecule has 5 nitrogen and oxygen atoms in total. The molecule has 0 amide bonds. The van der Waals surface area contributed by atoms with Crippen molar-refractivity contribution in [2.45, 2.75) is 32.2 Å². The molecule has 1 aliphatic rings. The zero-order chi connectivity index (χ0) is 17.1. The summed E-state index contributed by atoms with van der Waals surface area (Å²) in [5.41, 5.74) is 2.48. The van der Waals surface area contributed by atoms with Crippen molar-refractivity contribution in [1.82, 2.24) is 14.5 Å². The number of aromatic nitrogens is 3. The van der Waals surface area contributed by atoms with Gasteiger partial charge >= 0.3 is 0 Å². The van der Waals surface area contributed by atoms with Gasteiger partial charge in [0.25, 0.3) is 0 Å². The van der Waals surface area contributed by atoms with E-state index in [-0.39, 0.29) is 0 Å². The Morgan fingerprint density at radius 3 is 2.92 bits per heavy atom. The van der Waals surface area contributed by atoms with Crippen molar-refractivity contribution < 1.29 is 9.47 Å². The molecule has 25 heavy (non-hydrogen) atoms. The van der Waals surface area contributed by atoms with E-state index in [1.54, 1.807) is 6.20 Å². The molecule has 4 rings (SSSR count). The summed E-state index contributed by atoms with van der Waals surface area (Å²) in [6.45, 7) is 3.44. The first-order chi connectivity index (χ1) is 12.3. The van der Waals surface area contributed by atoms with Crippen molar-refractivity contribution in [2.24, 2.45) is 0 Å². The monoisotopic (exact) mass is 335 g/mol. The number of hydrogen-bond acceptors (Lipinski definition) is 4. The SMILES string of the molecule is CC(Cc1ccc2c(c1)OCO2)c1nccn1CCc1cccnc1. The lowest BCUT2D eigenvalue weighted by molar-refractivity contribution is 0.174. The largest absolute Gasteiger partial charge is 0.454 e. The van der Waals surface area contributed by atoms with E-state index in [1.165, 1.54) is 11.1 Å². The van der Waals surface area contributed by atoms with Crippen LogP contribution < -0.4 is 9.47 Å². The molecule has 0 saturated heterocycles. The van der Waals surface area contributed by atoms with E-state index < -0.39 is 0 Å². The van der Waals surface area contributed by atoms with Gasteiger partial charge in [-0.2, -0.15) is 0 Å². The van der Waals surface area contributed by atoms with Crippen molar-refractivity contribution in [1.29, 1.82) is 0 Å². The average Bonchev–Trinajstić information content (AvgIpc) is 3.29. The lowest BCUT2D eigenvalue weighted by Crippen LogP contribution is -2.10. The van der Waals surface area contributed by atoms with E-state index in [2.05, 4.69) is 45.9 Å². The molecule has 128 valence electrons. The smallest absolute Gasteiger partial charge is 0.231 e. The molecule has 1 unspecified atom stereocenters. The number of imidazole rings is 1. The Bertz CT molecular complexity index is 845. The number of pyridine rings is 1. The highest BCUT2D eigenvalue weighted by Crippen LogP contribution is 2.33. The Kier molecular flexibility index (Phi) is 4.37. The third kappa shape index (κ3) is 3.50. The van der Waals surface area contributed by atoms with E-state index in [0.29, 0.717) is 12.7 Å². The van der Waals surface area contributed by atoms with Gasteiger partial charge in [0.15, 0.2) is 11.5 Å². The van der Waals surface area contributed by atoms with Crippen molar-refractivity contribution in [3.05, 3.63) is 72.1 Å². The zero-order valence-electron chi connectivity index (χ0n) is 14.3. The van der Waals surface area contributed by atoms with Crippen molar-refractivity contribution in [2.75, 3.05) is 6.79 Å². The summed E-state index contributed by atoms with van der Waals surface area (Å²) in [5, 5.41) is 0. The molecule has 0 saturated carbocycles. The predicted molar refractivity (Wildman–Crippen MR) is 94.9 cm³/mol. The molecule has 0 spiro atoms. The second-order valence-electron chi connectivity index (χ2n) is 6.38. The Balaban J connectivity index is 1.44. The number of rotatable bonds is 6. The lowest BCUT2D eigenvalue weighted by Gasteiger charge is -2.14. The fourth-order valence-electron chi connectivity index (χ4n) is 3.25. The van der Waals surface area contributed by atoms with Crippen LogP contribution in [0, 0.1) is 0 Å². The Labute approximate surface area is 147 Å². The van der Waals surface area contributed by atoms with Crippen molar-refractivity contribution in [3.8, 4) is 11.5 Å². The van der Waals surface area contributed by atoms with Gasteiger partial charge in [0.2, 0.25) is 6.79 Å². The molecule has 5 heteroatoms. The summed E-state index contributed by atoms with van der Waals surface area (Å²) in [5.74, 6) is 3.10. The van der Waals surface area contributed by atoms with Gasteiger partial charge in [0.05, 0.1) is 0 Å². The second-order valence-corrected chi connectivity index (χ2v) is 6.38. The fourth-order valence-corrected chi connectivity index (χ4v) is 3.25. The van der Waals surface area contributed by atoms with Gasteiger partial charge in [0.1, 0.15) is 5.82 Å². The van der Waals surface area contributed by atoms with Crippen LogP contribution in [0.2, 0.25) is 0 Å². The lowest BCUT2D eigenvalue weighted by atomic mass is 10.00. The van der Waals surface area contributed by atoms with Crippen LogP contribution in [0.3, 0.4) is 0 Å². The van der Waals surface area contributed by atoms with Gasteiger partial charge in [-0.1, -0.05) is 19.1 Å². The summed E-state index contributed by atoms with van der Waals surface area (Å²) >= 11 is 0. The minimum Gasteiger partial charge on any atom is -0.454 e. The van der Waals surface area contributed by atoms with Crippen LogP contribution in [0.4, 0.5) is 0 Å². The summed E-state index contributed by atoms with van der Waals surface area (Å²) in [6.07, 6.45) is 9.54. The molecule has 1 aliphatic heterocycles. The third-order valence-electron chi connectivity index (χ3n) is 4.53. The number of hydrogen-bond donors (Lipinski definition) is 0. The predicted octanol–water partition coefficient (Wildman–Crippen LogP) is 3.60. The van der Waals surface area contributed by atoms with E-state index >= 15 is 0 Å². The Morgan fingerprint density at radius 1 is 1.12 bits per heavy atom. The molecular weight excluding hydrogens is 314 g/mol. The van der Waals surface area contributed by atoms with Gasteiger partial charge in [-0.3, -0.25) is 4.98 Å². The molecule has 2 aromatic heterocycles. The first-order valence-electron chi connectivity index (χ1n) is 8.58. The molecule has 3 aromatic rings. The molecule has 0 N–H and O–H groups in total. The maximum absolute atomic E-state index is 5.47. The topological polar surface area (TPSA) is 49.2 Å². The highest BCUT2D eigenvalue weighted by atomic mass is 16.7.